The van der Waals surface area contributed by atoms with Crippen molar-refractivity contribution in [3.8, 4) is 0 Å². The zero-order valence-electron chi connectivity index (χ0n) is 10.0. The van der Waals surface area contributed by atoms with Gasteiger partial charge in [-0.2, -0.15) is 0 Å². The van der Waals surface area contributed by atoms with E-state index in [1.165, 1.54) is 19.3 Å². The van der Waals surface area contributed by atoms with Gasteiger partial charge in [-0.15, -0.1) is 6.58 Å². The molecule has 0 radical (unpaired) electrons. The molecule has 1 unspecified atom stereocenters. The van der Waals surface area contributed by atoms with Crippen LogP contribution in [0.4, 0.5) is 0 Å². The van der Waals surface area contributed by atoms with E-state index in [0.717, 1.165) is 38.9 Å². The van der Waals surface area contributed by atoms with Gasteiger partial charge in [0.15, 0.2) is 0 Å². The molecule has 0 spiro atoms. The maximum atomic E-state index is 10.9. The van der Waals surface area contributed by atoms with Crippen LogP contribution in [0.25, 0.3) is 0 Å². The van der Waals surface area contributed by atoms with Gasteiger partial charge in [0.1, 0.15) is 0 Å². The van der Waals surface area contributed by atoms with Crippen LogP contribution < -0.4 is 0 Å². The number of piperidine rings is 1. The smallest absolute Gasteiger partial charge is 0.307 e. The third-order valence-electron chi connectivity index (χ3n) is 3.24. The molecule has 0 saturated carbocycles. The predicted octanol–water partition coefficient (Wildman–Crippen LogP) is 2.53. The summed E-state index contributed by atoms with van der Waals surface area (Å²) in [6.07, 6.45) is 8.55. The minimum absolute atomic E-state index is 0.137. The second-order valence-electron chi connectivity index (χ2n) is 4.62. The molecule has 16 heavy (non-hydrogen) atoms. The molecule has 1 aliphatic heterocycles. The van der Waals surface area contributed by atoms with Gasteiger partial charge >= 0.3 is 5.97 Å². The number of carboxylic acid groups (broad SMARTS) is 1. The van der Waals surface area contributed by atoms with Crippen LogP contribution >= 0.6 is 0 Å². The molecule has 0 aliphatic carbocycles. The van der Waals surface area contributed by atoms with Gasteiger partial charge in [0, 0.05) is 6.54 Å². The van der Waals surface area contributed by atoms with Gasteiger partial charge in [0.2, 0.25) is 0 Å². The van der Waals surface area contributed by atoms with Crippen LogP contribution in [0.1, 0.15) is 38.5 Å². The number of unbranched alkanes of at least 4 members (excludes halogenated alkanes) is 3. The molecule has 1 N–H and O–H groups in total. The number of carbonyl (C=O) groups is 1. The molecule has 0 aromatic carbocycles. The summed E-state index contributed by atoms with van der Waals surface area (Å²) < 4.78 is 0. The number of hydrogen-bond donors (Lipinski definition) is 1. The number of hydrogen-bond acceptors (Lipinski definition) is 2. The topological polar surface area (TPSA) is 40.5 Å². The first-order valence-electron chi connectivity index (χ1n) is 6.30. The predicted molar refractivity (Wildman–Crippen MR) is 65.5 cm³/mol. The van der Waals surface area contributed by atoms with E-state index < -0.39 is 5.97 Å². The highest BCUT2D eigenvalue weighted by molar-refractivity contribution is 5.70. The van der Waals surface area contributed by atoms with Crippen molar-refractivity contribution in [2.24, 2.45) is 5.92 Å². The molecule has 3 nitrogen and oxygen atoms in total. The number of allylic oxidation sites excluding steroid dienone is 1. The van der Waals surface area contributed by atoms with Gasteiger partial charge in [-0.25, -0.2) is 0 Å². The second-order valence-corrected chi connectivity index (χ2v) is 4.62. The lowest BCUT2D eigenvalue weighted by Gasteiger charge is -2.30. The Morgan fingerprint density at radius 3 is 2.94 bits per heavy atom. The van der Waals surface area contributed by atoms with Crippen LogP contribution in [-0.2, 0) is 4.79 Å². The van der Waals surface area contributed by atoms with Crippen molar-refractivity contribution in [2.45, 2.75) is 38.5 Å². The molecule has 1 fully saturated rings. The van der Waals surface area contributed by atoms with Crippen LogP contribution in [0.2, 0.25) is 0 Å². The van der Waals surface area contributed by atoms with Gasteiger partial charge in [-0.1, -0.05) is 12.5 Å². The summed E-state index contributed by atoms with van der Waals surface area (Å²) in [6.45, 7) is 6.58. The van der Waals surface area contributed by atoms with E-state index in [1.54, 1.807) is 0 Å². The standard InChI is InChI=1S/C13H23NO2/c1-2-3-4-5-6-9-14-10-7-8-12(11-14)13(15)16/h2,12H,1,3-11H2,(H,15,16). The van der Waals surface area contributed by atoms with Crippen molar-refractivity contribution in [1.82, 2.24) is 4.90 Å². The fraction of sp³-hybridized carbons (Fsp3) is 0.769. The number of rotatable bonds is 7. The molecule has 0 aromatic heterocycles. The average Bonchev–Trinajstić information content (AvgIpc) is 2.29. The van der Waals surface area contributed by atoms with E-state index >= 15 is 0 Å². The molecular formula is C13H23NO2. The van der Waals surface area contributed by atoms with Gasteiger partial charge in [-0.05, 0) is 45.2 Å². The molecular weight excluding hydrogens is 202 g/mol. The molecule has 1 heterocycles. The van der Waals surface area contributed by atoms with Crippen LogP contribution in [0, 0.1) is 5.92 Å². The quantitative estimate of drug-likeness (QED) is 0.534. The van der Waals surface area contributed by atoms with Gasteiger partial charge in [-0.3, -0.25) is 4.79 Å². The fourth-order valence-electron chi connectivity index (χ4n) is 2.26. The summed E-state index contributed by atoms with van der Waals surface area (Å²) in [5.74, 6) is -0.765. The Kier molecular flexibility index (Phi) is 6.16. The van der Waals surface area contributed by atoms with E-state index in [4.69, 9.17) is 5.11 Å². The third-order valence-corrected chi connectivity index (χ3v) is 3.24. The fourth-order valence-corrected chi connectivity index (χ4v) is 2.26. The average molecular weight is 225 g/mol. The highest BCUT2D eigenvalue weighted by atomic mass is 16.4. The summed E-state index contributed by atoms with van der Waals surface area (Å²) in [5, 5.41) is 8.96. The van der Waals surface area contributed by atoms with E-state index in [0.29, 0.717) is 0 Å². The number of aliphatic carboxylic acids is 1. The minimum atomic E-state index is -0.628. The highest BCUT2D eigenvalue weighted by Crippen LogP contribution is 2.17. The van der Waals surface area contributed by atoms with Crippen molar-refractivity contribution in [1.29, 1.82) is 0 Å². The zero-order chi connectivity index (χ0) is 11.8. The SMILES string of the molecule is C=CCCCCCN1CCCC(C(=O)O)C1. The monoisotopic (exact) mass is 225 g/mol. The van der Waals surface area contributed by atoms with Crippen molar-refractivity contribution in [3.05, 3.63) is 12.7 Å². The van der Waals surface area contributed by atoms with Crippen molar-refractivity contribution < 1.29 is 9.90 Å². The molecule has 1 saturated heterocycles. The number of likely N-dealkylation sites (tertiary alicyclic amines) is 1. The summed E-state index contributed by atoms with van der Waals surface area (Å²) in [5.41, 5.74) is 0. The number of nitrogens with zero attached hydrogens (tertiary/aromatic N) is 1. The Bertz CT molecular complexity index is 228. The van der Waals surface area contributed by atoms with Crippen LogP contribution in [0.15, 0.2) is 12.7 Å². The molecule has 0 bridgehead atoms. The lowest BCUT2D eigenvalue weighted by molar-refractivity contribution is -0.143. The van der Waals surface area contributed by atoms with Gasteiger partial charge in [0.05, 0.1) is 5.92 Å². The molecule has 3 heteroatoms. The third kappa shape index (κ3) is 4.79. The van der Waals surface area contributed by atoms with E-state index in [1.807, 2.05) is 6.08 Å². The lowest BCUT2D eigenvalue weighted by Crippen LogP contribution is -2.39. The van der Waals surface area contributed by atoms with E-state index in [2.05, 4.69) is 11.5 Å². The molecule has 1 rings (SSSR count). The van der Waals surface area contributed by atoms with Crippen molar-refractivity contribution >= 4 is 5.97 Å². The Morgan fingerprint density at radius 1 is 1.44 bits per heavy atom. The van der Waals surface area contributed by atoms with Crippen LogP contribution in [-0.4, -0.2) is 35.6 Å². The first-order chi connectivity index (χ1) is 7.74. The summed E-state index contributed by atoms with van der Waals surface area (Å²) in [7, 11) is 0. The summed E-state index contributed by atoms with van der Waals surface area (Å²) >= 11 is 0. The zero-order valence-corrected chi connectivity index (χ0v) is 10.0. The minimum Gasteiger partial charge on any atom is -0.481 e. The summed E-state index contributed by atoms with van der Waals surface area (Å²) in [4.78, 5) is 13.2. The Balaban J connectivity index is 2.12. The number of carboxylic acids is 1. The maximum Gasteiger partial charge on any atom is 0.307 e. The normalized spacial score (nSPS) is 21.9. The molecule has 1 aliphatic rings. The van der Waals surface area contributed by atoms with Crippen LogP contribution in [0.5, 0.6) is 0 Å². The molecule has 92 valence electrons. The molecule has 0 aromatic rings. The van der Waals surface area contributed by atoms with Crippen molar-refractivity contribution in [3.63, 3.8) is 0 Å². The maximum absolute atomic E-state index is 10.9. The Hall–Kier alpha value is -0.830. The van der Waals surface area contributed by atoms with Gasteiger partial charge in [0.25, 0.3) is 0 Å². The Morgan fingerprint density at radius 2 is 2.25 bits per heavy atom. The van der Waals surface area contributed by atoms with Gasteiger partial charge < -0.3 is 10.0 Å². The van der Waals surface area contributed by atoms with Crippen LogP contribution in [0.3, 0.4) is 0 Å². The highest BCUT2D eigenvalue weighted by Gasteiger charge is 2.24. The van der Waals surface area contributed by atoms with E-state index in [9.17, 15) is 4.79 Å². The first kappa shape index (κ1) is 13.2. The largest absolute Gasteiger partial charge is 0.481 e. The lowest BCUT2D eigenvalue weighted by atomic mass is 9.98. The second kappa shape index (κ2) is 7.44. The van der Waals surface area contributed by atoms with Crippen molar-refractivity contribution in [2.75, 3.05) is 19.6 Å². The molecule has 1 atom stereocenters. The molecule has 0 amide bonds. The summed E-state index contributed by atoms with van der Waals surface area (Å²) in [6, 6.07) is 0. The first-order valence-corrected chi connectivity index (χ1v) is 6.30. The van der Waals surface area contributed by atoms with E-state index in [-0.39, 0.29) is 5.92 Å². The Labute approximate surface area is 98.1 Å².